The van der Waals surface area contributed by atoms with Crippen molar-refractivity contribution in [2.45, 2.75) is 13.5 Å². The summed E-state index contributed by atoms with van der Waals surface area (Å²) in [5.74, 6) is 1.03. The number of aryl methyl sites for hydroxylation is 1. The van der Waals surface area contributed by atoms with E-state index in [-0.39, 0.29) is 6.61 Å². The molecule has 0 bridgehead atoms. The first-order chi connectivity index (χ1) is 7.72. The first kappa shape index (κ1) is 10.6. The van der Waals surface area contributed by atoms with Crippen molar-refractivity contribution >= 4 is 5.82 Å². The van der Waals surface area contributed by atoms with Crippen molar-refractivity contribution in [1.29, 1.82) is 0 Å². The highest BCUT2D eigenvalue weighted by Gasteiger charge is 2.11. The molecular weight excluding hydrogens is 206 g/mol. The standard InChI is InChI=1S/C10H13N5O/c1-7-2-3-12-10(14-7)8-6-13-15(4-5-16)9(8)11/h2-3,6,16H,4-5,11H2,1H3. The Morgan fingerprint density at radius 3 is 3.00 bits per heavy atom. The van der Waals surface area contributed by atoms with E-state index in [1.165, 1.54) is 4.68 Å². The SMILES string of the molecule is Cc1ccnc(-c2cnn(CCO)c2N)n1. The molecule has 2 aromatic rings. The summed E-state index contributed by atoms with van der Waals surface area (Å²) < 4.78 is 1.53. The third kappa shape index (κ3) is 1.87. The molecule has 2 aromatic heterocycles. The van der Waals surface area contributed by atoms with Gasteiger partial charge in [-0.25, -0.2) is 14.6 Å². The third-order valence-electron chi connectivity index (χ3n) is 2.23. The summed E-state index contributed by atoms with van der Waals surface area (Å²) in [6.45, 7) is 2.26. The second-order valence-corrected chi connectivity index (χ2v) is 3.41. The Bertz CT molecular complexity index is 494. The molecule has 0 aliphatic carbocycles. The zero-order valence-corrected chi connectivity index (χ0v) is 8.96. The van der Waals surface area contributed by atoms with Gasteiger partial charge in [0.05, 0.1) is 24.9 Å². The van der Waals surface area contributed by atoms with Crippen molar-refractivity contribution in [2.75, 3.05) is 12.3 Å². The molecule has 2 heterocycles. The summed E-state index contributed by atoms with van der Waals surface area (Å²) in [6, 6.07) is 1.82. The quantitative estimate of drug-likeness (QED) is 0.770. The Labute approximate surface area is 92.8 Å². The van der Waals surface area contributed by atoms with E-state index < -0.39 is 0 Å². The van der Waals surface area contributed by atoms with E-state index in [1.807, 2.05) is 13.0 Å². The normalized spacial score (nSPS) is 10.6. The molecule has 2 rings (SSSR count). The van der Waals surface area contributed by atoms with Crippen LogP contribution >= 0.6 is 0 Å². The van der Waals surface area contributed by atoms with E-state index in [2.05, 4.69) is 15.1 Å². The molecule has 0 aliphatic rings. The van der Waals surface area contributed by atoms with E-state index in [9.17, 15) is 0 Å². The lowest BCUT2D eigenvalue weighted by Gasteiger charge is -2.02. The second kappa shape index (κ2) is 4.28. The molecular formula is C10H13N5O. The minimum atomic E-state index is -0.00000535. The number of nitrogen functional groups attached to an aromatic ring is 1. The molecule has 0 saturated carbocycles. The number of hydrogen-bond acceptors (Lipinski definition) is 5. The van der Waals surface area contributed by atoms with Crippen LogP contribution in [-0.4, -0.2) is 31.5 Å². The van der Waals surface area contributed by atoms with Gasteiger partial charge in [-0.3, -0.25) is 0 Å². The third-order valence-corrected chi connectivity index (χ3v) is 2.23. The van der Waals surface area contributed by atoms with Crippen LogP contribution in [0.3, 0.4) is 0 Å². The van der Waals surface area contributed by atoms with Crippen molar-refractivity contribution in [3.63, 3.8) is 0 Å². The number of anilines is 1. The summed E-state index contributed by atoms with van der Waals surface area (Å²) in [5, 5.41) is 12.9. The van der Waals surface area contributed by atoms with E-state index >= 15 is 0 Å². The lowest BCUT2D eigenvalue weighted by Crippen LogP contribution is -2.07. The predicted octanol–water partition coefficient (Wildman–Crippen LogP) is 0.223. The fourth-order valence-electron chi connectivity index (χ4n) is 1.42. The molecule has 16 heavy (non-hydrogen) atoms. The Morgan fingerprint density at radius 1 is 1.50 bits per heavy atom. The Kier molecular flexibility index (Phi) is 2.82. The Morgan fingerprint density at radius 2 is 2.31 bits per heavy atom. The fraction of sp³-hybridized carbons (Fsp3) is 0.300. The number of nitrogens with two attached hydrogens (primary N) is 1. The van der Waals surface area contributed by atoms with E-state index in [0.717, 1.165) is 5.69 Å². The number of nitrogens with zero attached hydrogens (tertiary/aromatic N) is 4. The summed E-state index contributed by atoms with van der Waals surface area (Å²) in [7, 11) is 0. The highest BCUT2D eigenvalue weighted by molar-refractivity contribution is 5.67. The van der Waals surface area contributed by atoms with Gasteiger partial charge in [0.15, 0.2) is 5.82 Å². The molecule has 0 spiro atoms. The van der Waals surface area contributed by atoms with Gasteiger partial charge in [-0.15, -0.1) is 0 Å². The van der Waals surface area contributed by atoms with E-state index in [4.69, 9.17) is 10.8 Å². The fourth-order valence-corrected chi connectivity index (χ4v) is 1.42. The molecule has 3 N–H and O–H groups in total. The van der Waals surface area contributed by atoms with Crippen molar-refractivity contribution in [1.82, 2.24) is 19.7 Å². The van der Waals surface area contributed by atoms with Crippen LogP contribution in [0.25, 0.3) is 11.4 Å². The molecule has 0 unspecified atom stereocenters. The van der Waals surface area contributed by atoms with Gasteiger partial charge in [0.2, 0.25) is 0 Å². The molecule has 0 saturated heterocycles. The van der Waals surface area contributed by atoms with Crippen LogP contribution < -0.4 is 5.73 Å². The van der Waals surface area contributed by atoms with Crippen LogP contribution in [0.2, 0.25) is 0 Å². The van der Waals surface area contributed by atoms with Crippen LogP contribution in [0.15, 0.2) is 18.5 Å². The number of aliphatic hydroxyl groups excluding tert-OH is 1. The number of hydrogen-bond donors (Lipinski definition) is 2. The molecule has 6 heteroatoms. The monoisotopic (exact) mass is 219 g/mol. The van der Waals surface area contributed by atoms with Gasteiger partial charge < -0.3 is 10.8 Å². The zero-order valence-electron chi connectivity index (χ0n) is 8.96. The van der Waals surface area contributed by atoms with Crippen molar-refractivity contribution < 1.29 is 5.11 Å². The second-order valence-electron chi connectivity index (χ2n) is 3.41. The van der Waals surface area contributed by atoms with Gasteiger partial charge >= 0.3 is 0 Å². The van der Waals surface area contributed by atoms with Gasteiger partial charge in [-0.2, -0.15) is 5.10 Å². The predicted molar refractivity (Wildman–Crippen MR) is 59.5 cm³/mol. The summed E-state index contributed by atoms with van der Waals surface area (Å²) in [4.78, 5) is 8.41. The van der Waals surface area contributed by atoms with Gasteiger partial charge in [0, 0.05) is 11.9 Å². The van der Waals surface area contributed by atoms with Crippen LogP contribution in [0, 0.1) is 6.92 Å². The smallest absolute Gasteiger partial charge is 0.164 e. The summed E-state index contributed by atoms with van der Waals surface area (Å²) in [5.41, 5.74) is 7.45. The minimum Gasteiger partial charge on any atom is -0.394 e. The Balaban J connectivity index is 2.41. The lowest BCUT2D eigenvalue weighted by molar-refractivity contribution is 0.270. The van der Waals surface area contributed by atoms with Crippen molar-refractivity contribution in [2.24, 2.45) is 0 Å². The first-order valence-electron chi connectivity index (χ1n) is 4.94. The highest BCUT2D eigenvalue weighted by Crippen LogP contribution is 2.21. The van der Waals surface area contributed by atoms with Crippen LogP contribution in [0.1, 0.15) is 5.69 Å². The van der Waals surface area contributed by atoms with Crippen LogP contribution in [0.4, 0.5) is 5.82 Å². The van der Waals surface area contributed by atoms with Crippen molar-refractivity contribution in [3.05, 3.63) is 24.2 Å². The summed E-state index contributed by atoms with van der Waals surface area (Å²) in [6.07, 6.45) is 3.29. The summed E-state index contributed by atoms with van der Waals surface area (Å²) >= 11 is 0. The van der Waals surface area contributed by atoms with Crippen molar-refractivity contribution in [3.8, 4) is 11.4 Å². The molecule has 84 valence electrons. The Hall–Kier alpha value is -1.95. The van der Waals surface area contributed by atoms with E-state index in [0.29, 0.717) is 23.8 Å². The molecule has 0 amide bonds. The highest BCUT2D eigenvalue weighted by atomic mass is 16.3. The van der Waals surface area contributed by atoms with E-state index in [1.54, 1.807) is 12.4 Å². The molecule has 0 radical (unpaired) electrons. The number of aliphatic hydroxyl groups is 1. The molecule has 6 nitrogen and oxygen atoms in total. The number of rotatable bonds is 3. The van der Waals surface area contributed by atoms with Gasteiger partial charge in [-0.1, -0.05) is 0 Å². The van der Waals surface area contributed by atoms with Gasteiger partial charge in [0.25, 0.3) is 0 Å². The molecule has 0 atom stereocenters. The molecule has 0 aromatic carbocycles. The van der Waals surface area contributed by atoms with Crippen LogP contribution in [-0.2, 0) is 6.54 Å². The zero-order chi connectivity index (χ0) is 11.5. The minimum absolute atomic E-state index is 0.00000535. The first-order valence-corrected chi connectivity index (χ1v) is 4.94. The maximum absolute atomic E-state index is 8.82. The molecule has 0 aliphatic heterocycles. The largest absolute Gasteiger partial charge is 0.394 e. The topological polar surface area (TPSA) is 89.8 Å². The lowest BCUT2D eigenvalue weighted by atomic mass is 10.3. The average Bonchev–Trinajstić information content (AvgIpc) is 2.61. The molecule has 0 fully saturated rings. The van der Waals surface area contributed by atoms with Gasteiger partial charge in [-0.05, 0) is 13.0 Å². The average molecular weight is 219 g/mol. The van der Waals surface area contributed by atoms with Crippen LogP contribution in [0.5, 0.6) is 0 Å². The van der Waals surface area contributed by atoms with Gasteiger partial charge in [0.1, 0.15) is 5.82 Å². The maximum Gasteiger partial charge on any atom is 0.164 e. The maximum atomic E-state index is 8.82. The number of aromatic nitrogens is 4.